The molecule has 16 heavy (non-hydrogen) atoms. The Morgan fingerprint density at radius 2 is 2.00 bits per heavy atom. The van der Waals surface area contributed by atoms with Crippen LogP contribution in [0.15, 0.2) is 34.7 Å². The van der Waals surface area contributed by atoms with Crippen LogP contribution in [0.25, 0.3) is 11.0 Å². The maximum Gasteiger partial charge on any atom is 0.422 e. The number of anilines is 1. The summed E-state index contributed by atoms with van der Waals surface area (Å²) in [4.78, 5) is 22.0. The van der Waals surface area contributed by atoms with E-state index in [-0.39, 0.29) is 5.88 Å². The molecule has 82 valence electrons. The summed E-state index contributed by atoms with van der Waals surface area (Å²) in [5.74, 6) is -0.117. The molecule has 0 spiro atoms. The molecule has 0 atom stereocenters. The number of carboxylic acid groups (broad SMARTS) is 1. The van der Waals surface area contributed by atoms with Crippen molar-refractivity contribution in [1.82, 2.24) is 0 Å². The number of carbonyl (C=O) groups is 2. The van der Waals surface area contributed by atoms with E-state index >= 15 is 0 Å². The van der Waals surface area contributed by atoms with Gasteiger partial charge in [-0.05, 0) is 17.7 Å². The molecule has 1 aromatic carbocycles. The number of hydrogen-bond donors (Lipinski definition) is 1. The average molecular weight is 240 g/mol. The van der Waals surface area contributed by atoms with Gasteiger partial charge in [0.05, 0.1) is 0 Å². The first-order valence-electron chi connectivity index (χ1n) is 4.30. The molecular formula is C10H6ClNO4. The van der Waals surface area contributed by atoms with E-state index in [0.29, 0.717) is 15.9 Å². The number of halogens is 1. The van der Waals surface area contributed by atoms with Crippen molar-refractivity contribution in [2.24, 2.45) is 0 Å². The fourth-order valence-electron chi connectivity index (χ4n) is 1.33. The highest BCUT2D eigenvalue weighted by atomic mass is 35.5. The van der Waals surface area contributed by atoms with Gasteiger partial charge in [-0.15, -0.1) is 0 Å². The molecule has 1 N–H and O–H groups in total. The third-order valence-corrected chi connectivity index (χ3v) is 2.17. The molecule has 2 rings (SSSR count). The van der Waals surface area contributed by atoms with E-state index < -0.39 is 11.5 Å². The van der Waals surface area contributed by atoms with Crippen LogP contribution in [0.1, 0.15) is 0 Å². The maximum absolute atomic E-state index is 10.9. The zero-order valence-corrected chi connectivity index (χ0v) is 8.64. The summed E-state index contributed by atoms with van der Waals surface area (Å²) in [7, 11) is 0. The lowest BCUT2D eigenvalue weighted by Crippen LogP contribution is -2.30. The van der Waals surface area contributed by atoms with Gasteiger partial charge in [-0.1, -0.05) is 18.2 Å². The van der Waals surface area contributed by atoms with E-state index in [1.165, 1.54) is 6.07 Å². The lowest BCUT2D eigenvalue weighted by molar-refractivity contribution is 0.201. The standard InChI is InChI=1S/C10H6ClNO4/c11-9(13)12(10(14)15)8-5-6-3-1-2-4-7(6)16-8/h1-5H,(H,14,15). The van der Waals surface area contributed by atoms with E-state index in [2.05, 4.69) is 0 Å². The van der Waals surface area contributed by atoms with Gasteiger partial charge in [-0.3, -0.25) is 4.79 Å². The summed E-state index contributed by atoms with van der Waals surface area (Å²) in [5.41, 5.74) is 0.488. The first-order valence-corrected chi connectivity index (χ1v) is 4.68. The molecule has 5 nitrogen and oxygen atoms in total. The van der Waals surface area contributed by atoms with Crippen LogP contribution in [0.4, 0.5) is 15.5 Å². The van der Waals surface area contributed by atoms with Gasteiger partial charge in [0.25, 0.3) is 0 Å². The van der Waals surface area contributed by atoms with E-state index in [4.69, 9.17) is 21.1 Å². The SMILES string of the molecule is O=C(O)N(C(=O)Cl)c1cc2ccccc2o1. The Hall–Kier alpha value is -2.01. The molecule has 2 amide bonds. The van der Waals surface area contributed by atoms with Crippen molar-refractivity contribution >= 4 is 39.9 Å². The predicted molar refractivity (Wildman–Crippen MR) is 58.0 cm³/mol. The third-order valence-electron chi connectivity index (χ3n) is 2.00. The lowest BCUT2D eigenvalue weighted by atomic mass is 10.3. The van der Waals surface area contributed by atoms with Crippen LogP contribution < -0.4 is 4.90 Å². The molecule has 0 aliphatic rings. The van der Waals surface area contributed by atoms with Crippen molar-refractivity contribution in [3.05, 3.63) is 30.3 Å². The van der Waals surface area contributed by atoms with Crippen LogP contribution in [0.3, 0.4) is 0 Å². The number of carbonyl (C=O) groups excluding carboxylic acids is 1. The number of imide groups is 1. The van der Waals surface area contributed by atoms with Crippen LogP contribution in [0.2, 0.25) is 0 Å². The second-order valence-corrected chi connectivity index (χ2v) is 3.32. The zero-order valence-electron chi connectivity index (χ0n) is 7.88. The highest BCUT2D eigenvalue weighted by molar-refractivity contribution is 6.68. The van der Waals surface area contributed by atoms with Crippen molar-refractivity contribution in [1.29, 1.82) is 0 Å². The molecule has 0 bridgehead atoms. The molecule has 1 aromatic heterocycles. The fourth-order valence-corrected chi connectivity index (χ4v) is 1.49. The van der Waals surface area contributed by atoms with Gasteiger partial charge in [0.2, 0.25) is 5.88 Å². The number of amides is 2. The first kappa shape index (κ1) is 10.5. The number of para-hydroxylation sites is 1. The summed E-state index contributed by atoms with van der Waals surface area (Å²) < 4.78 is 5.19. The Balaban J connectivity index is 2.53. The first-order chi connectivity index (χ1) is 7.59. The van der Waals surface area contributed by atoms with Crippen LogP contribution >= 0.6 is 11.6 Å². The average Bonchev–Trinajstić information content (AvgIpc) is 2.58. The molecular weight excluding hydrogens is 234 g/mol. The van der Waals surface area contributed by atoms with Gasteiger partial charge in [-0.25, -0.2) is 4.79 Å². The molecule has 0 fully saturated rings. The van der Waals surface area contributed by atoms with Gasteiger partial charge in [0.1, 0.15) is 5.58 Å². The topological polar surface area (TPSA) is 70.8 Å². The minimum atomic E-state index is -1.49. The van der Waals surface area contributed by atoms with Crippen molar-refractivity contribution in [3.63, 3.8) is 0 Å². The number of nitrogens with zero attached hydrogens (tertiary/aromatic N) is 1. The van der Waals surface area contributed by atoms with Gasteiger partial charge in [-0.2, -0.15) is 4.90 Å². The molecule has 1 heterocycles. The molecule has 0 radical (unpaired) electrons. The molecule has 0 aliphatic heterocycles. The molecule has 0 unspecified atom stereocenters. The normalized spacial score (nSPS) is 10.3. The van der Waals surface area contributed by atoms with E-state index in [1.807, 2.05) is 0 Å². The van der Waals surface area contributed by atoms with E-state index in [9.17, 15) is 9.59 Å². The minimum absolute atomic E-state index is 0.117. The largest absolute Gasteiger partial charge is 0.464 e. The quantitative estimate of drug-likeness (QED) is 0.612. The Labute approximate surface area is 94.8 Å². The minimum Gasteiger partial charge on any atom is -0.464 e. The summed E-state index contributed by atoms with van der Waals surface area (Å²) in [6, 6.07) is 8.35. The number of benzene rings is 1. The van der Waals surface area contributed by atoms with Crippen molar-refractivity contribution in [2.75, 3.05) is 4.90 Å². The van der Waals surface area contributed by atoms with Gasteiger partial charge in [0.15, 0.2) is 0 Å². The third kappa shape index (κ3) is 1.72. The second-order valence-electron chi connectivity index (χ2n) is 2.99. The zero-order chi connectivity index (χ0) is 11.7. The van der Waals surface area contributed by atoms with Gasteiger partial charge >= 0.3 is 11.5 Å². The maximum atomic E-state index is 10.9. The monoisotopic (exact) mass is 239 g/mol. The van der Waals surface area contributed by atoms with Crippen molar-refractivity contribution < 1.29 is 19.1 Å². The van der Waals surface area contributed by atoms with Crippen LogP contribution in [0.5, 0.6) is 0 Å². The van der Waals surface area contributed by atoms with Crippen molar-refractivity contribution in [3.8, 4) is 0 Å². The fraction of sp³-hybridized carbons (Fsp3) is 0. The van der Waals surface area contributed by atoms with Crippen LogP contribution in [-0.4, -0.2) is 16.6 Å². The predicted octanol–water partition coefficient (Wildman–Crippen LogP) is 3.28. The number of rotatable bonds is 1. The van der Waals surface area contributed by atoms with Crippen LogP contribution in [-0.2, 0) is 0 Å². The van der Waals surface area contributed by atoms with Crippen LogP contribution in [0, 0.1) is 0 Å². The number of hydrogen-bond acceptors (Lipinski definition) is 3. The molecule has 0 saturated carbocycles. The van der Waals surface area contributed by atoms with Gasteiger partial charge in [0, 0.05) is 11.5 Å². The number of furan rings is 1. The molecule has 6 heteroatoms. The highest BCUT2D eigenvalue weighted by Crippen LogP contribution is 2.26. The molecule has 2 aromatic rings. The Bertz CT molecular complexity index is 516. The smallest absolute Gasteiger partial charge is 0.422 e. The molecule has 0 aliphatic carbocycles. The Morgan fingerprint density at radius 3 is 2.56 bits per heavy atom. The summed E-state index contributed by atoms with van der Waals surface area (Å²) in [6.07, 6.45) is -1.49. The van der Waals surface area contributed by atoms with Crippen molar-refractivity contribution in [2.45, 2.75) is 0 Å². The lowest BCUT2D eigenvalue weighted by Gasteiger charge is -2.08. The summed E-state index contributed by atoms with van der Waals surface area (Å²) >= 11 is 5.15. The summed E-state index contributed by atoms with van der Waals surface area (Å²) in [5, 5.41) is 8.35. The van der Waals surface area contributed by atoms with Gasteiger partial charge < -0.3 is 9.52 Å². The summed E-state index contributed by atoms with van der Waals surface area (Å²) in [6.45, 7) is 0. The highest BCUT2D eigenvalue weighted by Gasteiger charge is 2.24. The molecule has 0 saturated heterocycles. The number of fused-ring (bicyclic) bond motifs is 1. The second kappa shape index (κ2) is 3.86. The van der Waals surface area contributed by atoms with E-state index in [1.54, 1.807) is 24.3 Å². The Morgan fingerprint density at radius 1 is 1.31 bits per heavy atom. The van der Waals surface area contributed by atoms with E-state index in [0.717, 1.165) is 0 Å². The Kier molecular flexibility index (Phi) is 2.54.